The lowest BCUT2D eigenvalue weighted by molar-refractivity contribution is -0.128. The van der Waals surface area contributed by atoms with Crippen molar-refractivity contribution in [2.75, 3.05) is 32.7 Å². The largest absolute Gasteiger partial charge is 0.357 e. The molecule has 1 saturated heterocycles. The van der Waals surface area contributed by atoms with Crippen LogP contribution in [0, 0.1) is 6.92 Å². The van der Waals surface area contributed by atoms with Gasteiger partial charge in [0.05, 0.1) is 0 Å². The van der Waals surface area contributed by atoms with Gasteiger partial charge in [0.15, 0.2) is 5.96 Å². The second-order valence-corrected chi connectivity index (χ2v) is 7.23. The second kappa shape index (κ2) is 7.89. The molecule has 5 nitrogen and oxygen atoms in total. The highest BCUT2D eigenvalue weighted by Gasteiger charge is 2.44. The number of nitrogens with one attached hydrogen (secondary N) is 2. The Labute approximate surface area is 150 Å². The maximum Gasteiger partial charge on any atom is 0.244 e. The quantitative estimate of drug-likeness (QED) is 0.615. The van der Waals surface area contributed by atoms with E-state index in [0.29, 0.717) is 0 Å². The van der Waals surface area contributed by atoms with Crippen LogP contribution in [0.2, 0.25) is 0 Å². The van der Waals surface area contributed by atoms with E-state index in [9.17, 15) is 4.79 Å². The smallest absolute Gasteiger partial charge is 0.244 e. The lowest BCUT2D eigenvalue weighted by Gasteiger charge is -2.21. The molecular weight excluding hydrogens is 312 g/mol. The number of aliphatic imine (C=N–C) groups is 1. The summed E-state index contributed by atoms with van der Waals surface area (Å²) in [5.41, 5.74) is 3.01. The van der Waals surface area contributed by atoms with Crippen LogP contribution in [0.1, 0.15) is 43.7 Å². The van der Waals surface area contributed by atoms with Gasteiger partial charge in [-0.1, -0.05) is 24.3 Å². The molecule has 1 heterocycles. The summed E-state index contributed by atoms with van der Waals surface area (Å²) in [6, 6.07) is 8.64. The summed E-state index contributed by atoms with van der Waals surface area (Å²) < 4.78 is 0. The summed E-state index contributed by atoms with van der Waals surface area (Å²) in [5.74, 6) is 0.879. The highest BCUT2D eigenvalue weighted by Crippen LogP contribution is 2.48. The van der Waals surface area contributed by atoms with Gasteiger partial charge >= 0.3 is 0 Å². The molecule has 2 aliphatic rings. The van der Waals surface area contributed by atoms with Crippen LogP contribution < -0.4 is 10.6 Å². The van der Waals surface area contributed by atoms with Gasteiger partial charge in [-0.05, 0) is 50.7 Å². The lowest BCUT2D eigenvalue weighted by Crippen LogP contribution is -2.42. The molecule has 0 unspecified atom stereocenters. The molecule has 0 atom stereocenters. The van der Waals surface area contributed by atoms with Gasteiger partial charge in [0.25, 0.3) is 0 Å². The van der Waals surface area contributed by atoms with Gasteiger partial charge < -0.3 is 15.5 Å². The van der Waals surface area contributed by atoms with Gasteiger partial charge in [0.1, 0.15) is 6.54 Å². The Hall–Kier alpha value is -2.04. The van der Waals surface area contributed by atoms with Crippen LogP contribution in [0.5, 0.6) is 0 Å². The fourth-order valence-corrected chi connectivity index (χ4v) is 3.67. The van der Waals surface area contributed by atoms with Crippen LogP contribution in [0.3, 0.4) is 0 Å². The standard InChI is InChI=1S/C20H30N4O/c1-3-21-19(22-14-18(25)24-12-6-7-13-24)23-15-20(10-11-20)17-9-5-4-8-16(17)2/h4-5,8-9H,3,6-7,10-15H2,1-2H3,(H2,21,22,23). The first-order valence-corrected chi connectivity index (χ1v) is 9.51. The number of benzene rings is 1. The highest BCUT2D eigenvalue weighted by molar-refractivity contribution is 5.85. The average molecular weight is 342 g/mol. The predicted molar refractivity (Wildman–Crippen MR) is 102 cm³/mol. The number of hydrogen-bond acceptors (Lipinski definition) is 2. The van der Waals surface area contributed by atoms with Crippen molar-refractivity contribution in [3.63, 3.8) is 0 Å². The maximum absolute atomic E-state index is 12.2. The van der Waals surface area contributed by atoms with E-state index in [0.717, 1.165) is 45.0 Å². The van der Waals surface area contributed by atoms with Crippen molar-refractivity contribution in [1.82, 2.24) is 15.5 Å². The van der Waals surface area contributed by atoms with E-state index in [1.165, 1.54) is 24.0 Å². The normalized spacial score (nSPS) is 19.0. The van der Waals surface area contributed by atoms with Crippen molar-refractivity contribution in [2.45, 2.75) is 44.9 Å². The topological polar surface area (TPSA) is 56.7 Å². The molecule has 5 heteroatoms. The van der Waals surface area contributed by atoms with Crippen LogP contribution in [0.4, 0.5) is 0 Å². The van der Waals surface area contributed by atoms with Crippen LogP contribution >= 0.6 is 0 Å². The molecule has 136 valence electrons. The summed E-state index contributed by atoms with van der Waals surface area (Å²) in [6.07, 6.45) is 4.65. The number of guanidine groups is 1. The monoisotopic (exact) mass is 342 g/mol. The molecule has 0 aromatic heterocycles. The van der Waals surface area contributed by atoms with Crippen molar-refractivity contribution in [1.29, 1.82) is 0 Å². The van der Waals surface area contributed by atoms with Gasteiger partial charge in [-0.25, -0.2) is 4.99 Å². The van der Waals surface area contributed by atoms with E-state index < -0.39 is 0 Å². The first kappa shape index (κ1) is 17.8. The average Bonchev–Trinajstić information content (AvgIpc) is 3.19. The third kappa shape index (κ3) is 4.33. The molecule has 1 aliphatic carbocycles. The Bertz CT molecular complexity index is 630. The molecule has 1 aliphatic heterocycles. The van der Waals surface area contributed by atoms with Gasteiger partial charge in [0, 0.05) is 31.6 Å². The molecule has 1 amide bonds. The van der Waals surface area contributed by atoms with Gasteiger partial charge in [0.2, 0.25) is 5.91 Å². The second-order valence-electron chi connectivity index (χ2n) is 7.23. The molecule has 0 bridgehead atoms. The minimum atomic E-state index is 0.134. The van der Waals surface area contributed by atoms with E-state index >= 15 is 0 Å². The minimum absolute atomic E-state index is 0.134. The lowest BCUT2D eigenvalue weighted by atomic mass is 9.92. The van der Waals surface area contributed by atoms with Crippen molar-refractivity contribution >= 4 is 11.9 Å². The summed E-state index contributed by atoms with van der Waals surface area (Å²) in [7, 11) is 0. The minimum Gasteiger partial charge on any atom is -0.357 e. The van der Waals surface area contributed by atoms with Crippen molar-refractivity contribution in [3.05, 3.63) is 35.4 Å². The number of aryl methyl sites for hydroxylation is 1. The molecule has 1 aromatic carbocycles. The summed E-state index contributed by atoms with van der Waals surface area (Å²) >= 11 is 0. The van der Waals surface area contributed by atoms with E-state index in [-0.39, 0.29) is 17.9 Å². The first-order valence-electron chi connectivity index (χ1n) is 9.51. The molecule has 1 saturated carbocycles. The molecular formula is C20H30N4O. The van der Waals surface area contributed by atoms with E-state index in [1.54, 1.807) is 0 Å². The Kier molecular flexibility index (Phi) is 5.61. The SMILES string of the molecule is CCNC(=NCC(=O)N1CCCC1)NCC1(c2ccccc2C)CC1. The predicted octanol–water partition coefficient (Wildman–Crippen LogP) is 2.20. The van der Waals surface area contributed by atoms with Gasteiger partial charge in [-0.2, -0.15) is 0 Å². The number of amides is 1. The van der Waals surface area contributed by atoms with Crippen LogP contribution in [-0.4, -0.2) is 49.5 Å². The summed E-state index contributed by atoms with van der Waals surface area (Å²) in [5, 5.41) is 6.73. The molecule has 1 aromatic rings. The zero-order valence-electron chi connectivity index (χ0n) is 15.5. The van der Waals surface area contributed by atoms with Crippen molar-refractivity contribution in [3.8, 4) is 0 Å². The fourth-order valence-electron chi connectivity index (χ4n) is 3.67. The third-order valence-electron chi connectivity index (χ3n) is 5.34. The number of carbonyl (C=O) groups is 1. The Morgan fingerprint density at radius 1 is 1.20 bits per heavy atom. The number of carbonyl (C=O) groups excluding carboxylic acids is 1. The summed E-state index contributed by atoms with van der Waals surface area (Å²) in [4.78, 5) is 18.6. The summed E-state index contributed by atoms with van der Waals surface area (Å²) in [6.45, 7) is 7.88. The number of rotatable bonds is 6. The molecule has 0 spiro atoms. The van der Waals surface area contributed by atoms with Crippen LogP contribution in [0.25, 0.3) is 0 Å². The zero-order valence-corrected chi connectivity index (χ0v) is 15.5. The van der Waals surface area contributed by atoms with Gasteiger partial charge in [-0.15, -0.1) is 0 Å². The van der Waals surface area contributed by atoms with Crippen LogP contribution in [-0.2, 0) is 10.2 Å². The highest BCUT2D eigenvalue weighted by atomic mass is 16.2. The van der Waals surface area contributed by atoms with E-state index in [1.807, 2.05) is 11.8 Å². The first-order chi connectivity index (χ1) is 12.1. The van der Waals surface area contributed by atoms with Crippen LogP contribution in [0.15, 0.2) is 29.3 Å². The Morgan fingerprint density at radius 3 is 2.56 bits per heavy atom. The van der Waals surface area contributed by atoms with Gasteiger partial charge in [-0.3, -0.25) is 4.79 Å². The van der Waals surface area contributed by atoms with E-state index in [4.69, 9.17) is 0 Å². The van der Waals surface area contributed by atoms with Crippen molar-refractivity contribution in [2.24, 2.45) is 4.99 Å². The Morgan fingerprint density at radius 2 is 1.92 bits per heavy atom. The molecule has 3 rings (SSSR count). The molecule has 2 fully saturated rings. The number of hydrogen-bond donors (Lipinski definition) is 2. The molecule has 2 N–H and O–H groups in total. The molecule has 0 radical (unpaired) electrons. The number of nitrogens with zero attached hydrogens (tertiary/aromatic N) is 2. The Balaban J connectivity index is 1.59. The third-order valence-corrected chi connectivity index (χ3v) is 5.34. The fraction of sp³-hybridized carbons (Fsp3) is 0.600. The zero-order chi connectivity index (χ0) is 17.7. The van der Waals surface area contributed by atoms with E-state index in [2.05, 4.69) is 46.8 Å². The molecule has 25 heavy (non-hydrogen) atoms. The number of likely N-dealkylation sites (tertiary alicyclic amines) is 1. The maximum atomic E-state index is 12.2. The van der Waals surface area contributed by atoms with Crippen molar-refractivity contribution < 1.29 is 4.79 Å².